The summed E-state index contributed by atoms with van der Waals surface area (Å²) in [4.78, 5) is 27.5. The molecule has 20 heavy (non-hydrogen) atoms. The molecule has 1 amide bonds. The molecule has 0 spiro atoms. The minimum Gasteiger partial charge on any atom is -0.339 e. The fraction of sp³-hybridized carbons (Fsp3) is 0.500. The summed E-state index contributed by atoms with van der Waals surface area (Å²) in [5, 5.41) is 0. The summed E-state index contributed by atoms with van der Waals surface area (Å²) in [6, 6.07) is 5.56. The summed E-state index contributed by atoms with van der Waals surface area (Å²) in [5.41, 5.74) is 1.46. The Morgan fingerprint density at radius 3 is 2.60 bits per heavy atom. The average Bonchev–Trinajstić information content (AvgIpc) is 2.75. The highest BCUT2D eigenvalue weighted by Crippen LogP contribution is 2.33. The van der Waals surface area contributed by atoms with Crippen LogP contribution in [0.2, 0.25) is 0 Å². The van der Waals surface area contributed by atoms with Crippen molar-refractivity contribution in [1.82, 2.24) is 4.90 Å². The lowest BCUT2D eigenvalue weighted by atomic mass is 10.0. The number of Topliss-reactive ketones (excluding diaryl/α,β-unsaturated/α-hetero) is 1. The zero-order chi connectivity index (χ0) is 13.9. The Kier molecular flexibility index (Phi) is 4.10. The third kappa shape index (κ3) is 2.62. The van der Waals surface area contributed by atoms with Gasteiger partial charge >= 0.3 is 0 Å². The van der Waals surface area contributed by atoms with Crippen LogP contribution in [0.25, 0.3) is 0 Å². The number of carbonyl (C=O) groups excluding carboxylic acids is 2. The maximum atomic E-state index is 12.7. The Hall–Kier alpha value is -1.29. The van der Waals surface area contributed by atoms with Crippen LogP contribution in [0.5, 0.6) is 0 Å². The summed E-state index contributed by atoms with van der Waals surface area (Å²) in [6.07, 6.45) is 5.19. The first kappa shape index (κ1) is 13.7. The van der Waals surface area contributed by atoms with Gasteiger partial charge in [-0.3, -0.25) is 9.59 Å². The topological polar surface area (TPSA) is 37.4 Å². The maximum Gasteiger partial charge on any atom is 0.255 e. The molecule has 106 valence electrons. The first-order valence-electron chi connectivity index (χ1n) is 7.35. The molecule has 0 radical (unpaired) electrons. The van der Waals surface area contributed by atoms with Crippen LogP contribution in [0.15, 0.2) is 23.1 Å². The number of fused-ring (bicyclic) bond motifs is 1. The number of nitrogens with zero attached hydrogens (tertiary/aromatic N) is 1. The van der Waals surface area contributed by atoms with Gasteiger partial charge in [0.05, 0.1) is 5.56 Å². The van der Waals surface area contributed by atoms with Gasteiger partial charge in [0.2, 0.25) is 0 Å². The summed E-state index contributed by atoms with van der Waals surface area (Å²) >= 11 is 1.65. The molecule has 3 nitrogen and oxygen atoms in total. The van der Waals surface area contributed by atoms with Gasteiger partial charge < -0.3 is 4.90 Å². The van der Waals surface area contributed by atoms with Crippen molar-refractivity contribution in [3.8, 4) is 0 Å². The van der Waals surface area contributed by atoms with E-state index in [4.69, 9.17) is 0 Å². The third-order valence-electron chi connectivity index (χ3n) is 4.01. The molecular weight excluding hydrogens is 270 g/mol. The van der Waals surface area contributed by atoms with Crippen LogP contribution < -0.4 is 0 Å². The van der Waals surface area contributed by atoms with E-state index in [0.717, 1.165) is 47.7 Å². The van der Waals surface area contributed by atoms with E-state index in [1.54, 1.807) is 11.8 Å². The summed E-state index contributed by atoms with van der Waals surface area (Å²) in [6.45, 7) is 1.70. The summed E-state index contributed by atoms with van der Waals surface area (Å²) in [5.74, 6) is 1.06. The van der Waals surface area contributed by atoms with Crippen LogP contribution in [0, 0.1) is 0 Å². The van der Waals surface area contributed by atoms with Crippen LogP contribution in [0.3, 0.4) is 0 Å². The van der Waals surface area contributed by atoms with E-state index in [0.29, 0.717) is 6.42 Å². The number of rotatable bonds is 1. The molecule has 0 saturated carbocycles. The fourth-order valence-corrected chi connectivity index (χ4v) is 4.04. The number of hydrogen-bond donors (Lipinski definition) is 0. The Labute approximate surface area is 123 Å². The van der Waals surface area contributed by atoms with E-state index in [-0.39, 0.29) is 11.7 Å². The van der Waals surface area contributed by atoms with Crippen molar-refractivity contribution in [3.63, 3.8) is 0 Å². The first-order chi connectivity index (χ1) is 9.77. The highest BCUT2D eigenvalue weighted by atomic mass is 32.2. The minimum absolute atomic E-state index is 0.103. The molecule has 0 atom stereocenters. The smallest absolute Gasteiger partial charge is 0.255 e. The Balaban J connectivity index is 1.91. The van der Waals surface area contributed by atoms with Gasteiger partial charge in [0.15, 0.2) is 5.78 Å². The molecule has 4 heteroatoms. The van der Waals surface area contributed by atoms with Crippen molar-refractivity contribution in [3.05, 3.63) is 29.3 Å². The van der Waals surface area contributed by atoms with E-state index in [1.165, 1.54) is 12.8 Å². The van der Waals surface area contributed by atoms with Crippen LogP contribution >= 0.6 is 11.8 Å². The number of hydrogen-bond acceptors (Lipinski definition) is 3. The molecular formula is C16H19NO2S. The number of carbonyl (C=O) groups is 2. The van der Waals surface area contributed by atoms with E-state index in [2.05, 4.69) is 0 Å². The molecule has 2 heterocycles. The SMILES string of the molecule is O=C1CCSc2c1cccc2C(=O)N1CCCCCC1. The predicted molar refractivity (Wildman–Crippen MR) is 80.5 cm³/mol. The molecule has 1 aromatic carbocycles. The van der Waals surface area contributed by atoms with Gasteiger partial charge in [0.25, 0.3) is 5.91 Å². The standard InChI is InChI=1S/C16H19NO2S/c18-14-8-11-20-15-12(14)6-5-7-13(15)16(19)17-9-3-1-2-4-10-17/h5-7H,1-4,8-11H2. The molecule has 1 fully saturated rings. The lowest BCUT2D eigenvalue weighted by Gasteiger charge is -2.23. The second kappa shape index (κ2) is 6.00. The minimum atomic E-state index is 0.103. The highest BCUT2D eigenvalue weighted by Gasteiger charge is 2.25. The van der Waals surface area contributed by atoms with Crippen LogP contribution in [0.1, 0.15) is 52.8 Å². The third-order valence-corrected chi connectivity index (χ3v) is 5.15. The molecule has 1 aromatic rings. The number of amides is 1. The van der Waals surface area contributed by atoms with Gasteiger partial charge in [-0.15, -0.1) is 11.8 Å². The van der Waals surface area contributed by atoms with E-state index < -0.39 is 0 Å². The first-order valence-corrected chi connectivity index (χ1v) is 8.34. The molecule has 2 aliphatic rings. The zero-order valence-corrected chi connectivity index (χ0v) is 12.4. The van der Waals surface area contributed by atoms with Crippen molar-refractivity contribution in [2.24, 2.45) is 0 Å². The molecule has 0 N–H and O–H groups in total. The van der Waals surface area contributed by atoms with Gasteiger partial charge in [0, 0.05) is 35.7 Å². The quantitative estimate of drug-likeness (QED) is 0.795. The van der Waals surface area contributed by atoms with Crippen molar-refractivity contribution in [1.29, 1.82) is 0 Å². The fourth-order valence-electron chi connectivity index (χ4n) is 2.91. The largest absolute Gasteiger partial charge is 0.339 e. The lowest BCUT2D eigenvalue weighted by molar-refractivity contribution is 0.0758. The molecule has 2 aliphatic heterocycles. The second-order valence-electron chi connectivity index (χ2n) is 5.41. The predicted octanol–water partition coefficient (Wildman–Crippen LogP) is 3.38. The van der Waals surface area contributed by atoms with Crippen molar-refractivity contribution in [2.45, 2.75) is 37.0 Å². The summed E-state index contributed by atoms with van der Waals surface area (Å²) < 4.78 is 0. The maximum absolute atomic E-state index is 12.7. The van der Waals surface area contributed by atoms with Gasteiger partial charge in [0.1, 0.15) is 0 Å². The van der Waals surface area contributed by atoms with E-state index in [1.807, 2.05) is 23.1 Å². The van der Waals surface area contributed by atoms with E-state index in [9.17, 15) is 9.59 Å². The average molecular weight is 289 g/mol. The normalized spacial score (nSPS) is 19.4. The molecule has 3 rings (SSSR count). The zero-order valence-electron chi connectivity index (χ0n) is 11.6. The number of benzene rings is 1. The lowest BCUT2D eigenvalue weighted by Crippen LogP contribution is -2.32. The van der Waals surface area contributed by atoms with Crippen LogP contribution in [-0.4, -0.2) is 35.4 Å². The molecule has 0 aromatic heterocycles. The second-order valence-corrected chi connectivity index (χ2v) is 6.52. The molecule has 0 aliphatic carbocycles. The van der Waals surface area contributed by atoms with Gasteiger partial charge in [-0.25, -0.2) is 0 Å². The van der Waals surface area contributed by atoms with Crippen LogP contribution in [0.4, 0.5) is 0 Å². The molecule has 1 saturated heterocycles. The van der Waals surface area contributed by atoms with Crippen LogP contribution in [-0.2, 0) is 0 Å². The Morgan fingerprint density at radius 2 is 1.85 bits per heavy atom. The molecule has 0 bridgehead atoms. The highest BCUT2D eigenvalue weighted by molar-refractivity contribution is 7.99. The number of ketones is 1. The number of thioether (sulfide) groups is 1. The van der Waals surface area contributed by atoms with Gasteiger partial charge in [-0.2, -0.15) is 0 Å². The Morgan fingerprint density at radius 1 is 1.10 bits per heavy atom. The monoisotopic (exact) mass is 289 g/mol. The Bertz CT molecular complexity index is 533. The van der Waals surface area contributed by atoms with E-state index >= 15 is 0 Å². The van der Waals surface area contributed by atoms with Gasteiger partial charge in [-0.05, 0) is 18.9 Å². The number of likely N-dealkylation sites (tertiary alicyclic amines) is 1. The summed E-state index contributed by atoms with van der Waals surface area (Å²) in [7, 11) is 0. The van der Waals surface area contributed by atoms with Gasteiger partial charge in [-0.1, -0.05) is 25.0 Å². The molecule has 0 unspecified atom stereocenters. The van der Waals surface area contributed by atoms with Crippen molar-refractivity contribution >= 4 is 23.5 Å². The van der Waals surface area contributed by atoms with Crippen molar-refractivity contribution in [2.75, 3.05) is 18.8 Å². The van der Waals surface area contributed by atoms with Crippen molar-refractivity contribution < 1.29 is 9.59 Å².